The van der Waals surface area contributed by atoms with Gasteiger partial charge in [0, 0.05) is 19.4 Å². The van der Waals surface area contributed by atoms with Crippen LogP contribution in [0.2, 0.25) is 0 Å². The number of anilines is 1. The fraction of sp³-hybridized carbons (Fsp3) is 0.545. The summed E-state index contributed by atoms with van der Waals surface area (Å²) in [6, 6.07) is 0. The Morgan fingerprint density at radius 1 is 1.40 bits per heavy atom. The lowest BCUT2D eigenvalue weighted by Crippen LogP contribution is -2.25. The molecule has 82 valence electrons. The van der Waals surface area contributed by atoms with Crippen LogP contribution in [0.5, 0.6) is 0 Å². The quantitative estimate of drug-likeness (QED) is 0.733. The predicted octanol–water partition coefficient (Wildman–Crippen LogP) is 1.45. The lowest BCUT2D eigenvalue weighted by Gasteiger charge is -2.14. The first-order valence-electron chi connectivity index (χ1n) is 5.15. The van der Waals surface area contributed by atoms with E-state index in [9.17, 15) is 4.79 Å². The average molecular weight is 207 g/mol. The number of carbonyl (C=O) groups excluding carboxylic acids is 1. The zero-order valence-corrected chi connectivity index (χ0v) is 9.53. The number of nitrogens with zero attached hydrogens (tertiary/aromatic N) is 3. The third-order valence-corrected chi connectivity index (χ3v) is 2.03. The van der Waals surface area contributed by atoms with Crippen LogP contribution in [-0.2, 0) is 11.2 Å². The number of Topliss-reactive ketones (excluding diaryl/α,β-unsaturated/α-hetero) is 1. The first-order chi connectivity index (χ1) is 7.13. The Morgan fingerprint density at radius 2 is 2.00 bits per heavy atom. The summed E-state index contributed by atoms with van der Waals surface area (Å²) in [5.41, 5.74) is 1.14. The number of aryl methyl sites for hydroxylation is 1. The number of rotatable bonds is 5. The molecule has 0 saturated heterocycles. The van der Waals surface area contributed by atoms with E-state index in [0.29, 0.717) is 12.5 Å². The lowest BCUT2D eigenvalue weighted by atomic mass is 10.2. The van der Waals surface area contributed by atoms with E-state index in [1.807, 2.05) is 19.4 Å². The third-order valence-electron chi connectivity index (χ3n) is 2.03. The van der Waals surface area contributed by atoms with Gasteiger partial charge in [-0.15, -0.1) is 0 Å². The van der Waals surface area contributed by atoms with Crippen LogP contribution in [0.3, 0.4) is 0 Å². The molecule has 0 saturated carbocycles. The van der Waals surface area contributed by atoms with E-state index in [2.05, 4.69) is 16.9 Å². The van der Waals surface area contributed by atoms with Gasteiger partial charge >= 0.3 is 0 Å². The average Bonchev–Trinajstić information content (AvgIpc) is 2.18. The van der Waals surface area contributed by atoms with Crippen LogP contribution in [0, 0.1) is 0 Å². The topological polar surface area (TPSA) is 46.1 Å². The number of carbonyl (C=O) groups is 1. The smallest absolute Gasteiger partial charge is 0.225 e. The molecule has 1 heterocycles. The van der Waals surface area contributed by atoms with Crippen molar-refractivity contribution >= 4 is 11.7 Å². The molecule has 0 N–H and O–H groups in total. The summed E-state index contributed by atoms with van der Waals surface area (Å²) in [5.74, 6) is 0.712. The molecule has 0 bridgehead atoms. The minimum atomic E-state index is 0.110. The molecule has 0 fully saturated rings. The van der Waals surface area contributed by atoms with Gasteiger partial charge < -0.3 is 4.90 Å². The number of ketones is 1. The molecule has 4 nitrogen and oxygen atoms in total. The van der Waals surface area contributed by atoms with E-state index in [-0.39, 0.29) is 5.78 Å². The van der Waals surface area contributed by atoms with Gasteiger partial charge in [0.1, 0.15) is 5.78 Å². The maximum absolute atomic E-state index is 10.9. The molecule has 0 aliphatic rings. The summed E-state index contributed by atoms with van der Waals surface area (Å²) in [7, 11) is 1.82. The molecule has 0 spiro atoms. The predicted molar refractivity (Wildman–Crippen MR) is 60.0 cm³/mol. The van der Waals surface area contributed by atoms with Gasteiger partial charge in [-0.05, 0) is 18.9 Å². The maximum Gasteiger partial charge on any atom is 0.225 e. The fourth-order valence-corrected chi connectivity index (χ4v) is 1.37. The van der Waals surface area contributed by atoms with Gasteiger partial charge in [-0.1, -0.05) is 13.3 Å². The Hall–Kier alpha value is -1.45. The summed E-state index contributed by atoms with van der Waals surface area (Å²) in [4.78, 5) is 21.1. The van der Waals surface area contributed by atoms with Crippen LogP contribution < -0.4 is 4.90 Å². The fourth-order valence-electron chi connectivity index (χ4n) is 1.37. The maximum atomic E-state index is 10.9. The summed E-state index contributed by atoms with van der Waals surface area (Å²) < 4.78 is 0. The summed E-state index contributed by atoms with van der Waals surface area (Å²) in [5, 5.41) is 0. The SMILES string of the molecule is CCCc1cnc(N(C)CC(C)=O)nc1. The van der Waals surface area contributed by atoms with Gasteiger partial charge in [0.25, 0.3) is 0 Å². The van der Waals surface area contributed by atoms with Gasteiger partial charge in [-0.2, -0.15) is 0 Å². The Balaban J connectivity index is 2.66. The number of aromatic nitrogens is 2. The van der Waals surface area contributed by atoms with Crippen LogP contribution in [0.25, 0.3) is 0 Å². The van der Waals surface area contributed by atoms with Gasteiger partial charge in [0.15, 0.2) is 0 Å². The minimum Gasteiger partial charge on any atom is -0.337 e. The highest BCUT2D eigenvalue weighted by Gasteiger charge is 2.05. The van der Waals surface area contributed by atoms with Crippen molar-refractivity contribution in [1.29, 1.82) is 0 Å². The van der Waals surface area contributed by atoms with Gasteiger partial charge in [-0.3, -0.25) is 4.79 Å². The van der Waals surface area contributed by atoms with E-state index in [1.165, 1.54) is 0 Å². The number of hydrogen-bond donors (Lipinski definition) is 0. The van der Waals surface area contributed by atoms with E-state index >= 15 is 0 Å². The molecule has 1 rings (SSSR count). The van der Waals surface area contributed by atoms with Crippen molar-refractivity contribution in [3.63, 3.8) is 0 Å². The van der Waals surface area contributed by atoms with Crippen LogP contribution >= 0.6 is 0 Å². The van der Waals surface area contributed by atoms with Crippen molar-refractivity contribution in [2.24, 2.45) is 0 Å². The zero-order valence-electron chi connectivity index (χ0n) is 9.53. The largest absolute Gasteiger partial charge is 0.337 e. The van der Waals surface area contributed by atoms with Gasteiger partial charge in [0.2, 0.25) is 5.95 Å². The van der Waals surface area contributed by atoms with Gasteiger partial charge in [-0.25, -0.2) is 9.97 Å². The molecule has 15 heavy (non-hydrogen) atoms. The van der Waals surface area contributed by atoms with Crippen molar-refractivity contribution in [1.82, 2.24) is 9.97 Å². The van der Waals surface area contributed by atoms with Crippen molar-refractivity contribution in [3.05, 3.63) is 18.0 Å². The second-order valence-electron chi connectivity index (χ2n) is 3.70. The van der Waals surface area contributed by atoms with E-state index in [0.717, 1.165) is 18.4 Å². The normalized spacial score (nSPS) is 10.1. The second kappa shape index (κ2) is 5.44. The number of hydrogen-bond acceptors (Lipinski definition) is 4. The molecule has 0 radical (unpaired) electrons. The Kier molecular flexibility index (Phi) is 4.21. The molecule has 0 atom stereocenters. The summed E-state index contributed by atoms with van der Waals surface area (Å²) >= 11 is 0. The third kappa shape index (κ3) is 3.65. The molecule has 1 aromatic rings. The molecule has 0 aliphatic heterocycles. The Labute approximate surface area is 90.3 Å². The Bertz CT molecular complexity index is 321. The molecule has 0 aliphatic carbocycles. The van der Waals surface area contributed by atoms with E-state index < -0.39 is 0 Å². The van der Waals surface area contributed by atoms with Crippen LogP contribution in [0.1, 0.15) is 25.8 Å². The Morgan fingerprint density at radius 3 is 2.47 bits per heavy atom. The molecular weight excluding hydrogens is 190 g/mol. The minimum absolute atomic E-state index is 0.110. The van der Waals surface area contributed by atoms with Crippen molar-refractivity contribution in [2.45, 2.75) is 26.7 Å². The van der Waals surface area contributed by atoms with Crippen molar-refractivity contribution < 1.29 is 4.79 Å². The highest BCUT2D eigenvalue weighted by Crippen LogP contribution is 2.06. The molecule has 1 aromatic heterocycles. The van der Waals surface area contributed by atoms with E-state index in [4.69, 9.17) is 0 Å². The molecule has 0 amide bonds. The highest BCUT2D eigenvalue weighted by atomic mass is 16.1. The van der Waals surface area contributed by atoms with Crippen LogP contribution in [-0.4, -0.2) is 29.3 Å². The summed E-state index contributed by atoms with van der Waals surface area (Å²) in [6.45, 7) is 4.03. The first kappa shape index (κ1) is 11.6. The van der Waals surface area contributed by atoms with Crippen LogP contribution in [0.4, 0.5) is 5.95 Å². The highest BCUT2D eigenvalue weighted by molar-refractivity contribution is 5.80. The van der Waals surface area contributed by atoms with E-state index in [1.54, 1.807) is 11.8 Å². The van der Waals surface area contributed by atoms with Crippen molar-refractivity contribution in [3.8, 4) is 0 Å². The molecule has 4 heteroatoms. The zero-order chi connectivity index (χ0) is 11.3. The van der Waals surface area contributed by atoms with Crippen LogP contribution in [0.15, 0.2) is 12.4 Å². The monoisotopic (exact) mass is 207 g/mol. The molecule has 0 unspecified atom stereocenters. The van der Waals surface area contributed by atoms with Crippen molar-refractivity contribution in [2.75, 3.05) is 18.5 Å². The summed E-state index contributed by atoms with van der Waals surface area (Å²) in [6.07, 6.45) is 5.73. The first-order valence-corrected chi connectivity index (χ1v) is 5.15. The standard InChI is InChI=1S/C11H17N3O/c1-4-5-10-6-12-11(13-7-10)14(3)8-9(2)15/h6-7H,4-5,8H2,1-3H3. The number of likely N-dealkylation sites (N-methyl/N-ethyl adjacent to an activating group) is 1. The van der Waals surface area contributed by atoms with Gasteiger partial charge in [0.05, 0.1) is 6.54 Å². The second-order valence-corrected chi connectivity index (χ2v) is 3.70. The molecule has 0 aromatic carbocycles. The molecular formula is C11H17N3O. The lowest BCUT2D eigenvalue weighted by molar-refractivity contribution is -0.115.